The largest absolute Gasteiger partial charge is 0.491 e. The molecule has 1 heterocycles. The van der Waals surface area contributed by atoms with E-state index in [1.165, 1.54) is 45.6 Å². The molecule has 0 fully saturated rings. The number of unbranched alkanes of at least 4 members (excludes halogenated alkanes) is 7. The summed E-state index contributed by atoms with van der Waals surface area (Å²) in [4.78, 5) is 15.1. The van der Waals surface area contributed by atoms with Gasteiger partial charge in [-0.25, -0.2) is 0 Å². The molecule has 1 rings (SSSR count). The summed E-state index contributed by atoms with van der Waals surface area (Å²) >= 11 is 0. The van der Waals surface area contributed by atoms with Crippen molar-refractivity contribution in [2.75, 3.05) is 7.11 Å². The summed E-state index contributed by atoms with van der Waals surface area (Å²) in [5.74, 6) is 0.421. The molecule has 132 valence electrons. The molecule has 1 aromatic rings. The van der Waals surface area contributed by atoms with Gasteiger partial charge in [-0.1, -0.05) is 44.9 Å². The summed E-state index contributed by atoms with van der Waals surface area (Å²) < 4.78 is 5.08. The van der Waals surface area contributed by atoms with Gasteiger partial charge in [-0.15, -0.1) is 0 Å². The van der Waals surface area contributed by atoms with Crippen LogP contribution in [0.3, 0.4) is 0 Å². The number of aromatic nitrogens is 1. The van der Waals surface area contributed by atoms with E-state index in [1.807, 2.05) is 13.8 Å². The van der Waals surface area contributed by atoms with Crippen LogP contribution in [0.15, 0.2) is 10.9 Å². The first-order chi connectivity index (χ1) is 11.0. The highest BCUT2D eigenvalue weighted by Crippen LogP contribution is 2.13. The fourth-order valence-corrected chi connectivity index (χ4v) is 2.95. The first-order valence-corrected chi connectivity index (χ1v) is 8.99. The summed E-state index contributed by atoms with van der Waals surface area (Å²) in [6.07, 6.45) is 11.5. The van der Waals surface area contributed by atoms with Crippen molar-refractivity contribution in [1.82, 2.24) is 4.98 Å². The second-order valence-electron chi connectivity index (χ2n) is 6.53. The second kappa shape index (κ2) is 11.3. The van der Waals surface area contributed by atoms with Crippen molar-refractivity contribution in [3.63, 3.8) is 0 Å². The number of aromatic amines is 1. The number of aryl methyl sites for hydroxylation is 2. The van der Waals surface area contributed by atoms with Gasteiger partial charge in [0.2, 0.25) is 5.43 Å². The molecule has 23 heavy (non-hydrogen) atoms. The Kier molecular flexibility index (Phi) is 9.69. The van der Waals surface area contributed by atoms with Crippen LogP contribution in [0.1, 0.15) is 76.1 Å². The van der Waals surface area contributed by atoms with Crippen LogP contribution in [0.25, 0.3) is 0 Å². The molecule has 0 saturated heterocycles. The van der Waals surface area contributed by atoms with E-state index < -0.39 is 0 Å². The van der Waals surface area contributed by atoms with E-state index in [-0.39, 0.29) is 11.5 Å². The Labute approximate surface area is 140 Å². The first kappa shape index (κ1) is 19.8. The minimum absolute atomic E-state index is 0.0315. The predicted molar refractivity (Wildman–Crippen MR) is 95.3 cm³/mol. The molecular weight excluding hydrogens is 290 g/mol. The van der Waals surface area contributed by atoms with Crippen LogP contribution in [0.2, 0.25) is 0 Å². The van der Waals surface area contributed by atoms with Gasteiger partial charge in [0.1, 0.15) is 0 Å². The lowest BCUT2D eigenvalue weighted by Crippen LogP contribution is -2.10. The molecule has 1 unspecified atom stereocenters. The Balaban J connectivity index is 2.08. The first-order valence-electron chi connectivity index (χ1n) is 8.99. The van der Waals surface area contributed by atoms with Gasteiger partial charge in [0.15, 0.2) is 5.75 Å². The minimum atomic E-state index is -0.150. The fraction of sp³-hybridized carbons (Fsp3) is 0.737. The molecule has 0 aliphatic carbocycles. The molecule has 4 heteroatoms. The number of aliphatic hydroxyl groups excluding tert-OH is 1. The second-order valence-corrected chi connectivity index (χ2v) is 6.53. The van der Waals surface area contributed by atoms with Gasteiger partial charge in [-0.3, -0.25) is 4.79 Å². The maximum absolute atomic E-state index is 11.8. The highest BCUT2D eigenvalue weighted by molar-refractivity contribution is 5.28. The van der Waals surface area contributed by atoms with Crippen LogP contribution >= 0.6 is 0 Å². The van der Waals surface area contributed by atoms with Crippen LogP contribution in [0.4, 0.5) is 0 Å². The lowest BCUT2D eigenvalue weighted by Gasteiger charge is -2.07. The molecule has 2 N–H and O–H groups in total. The van der Waals surface area contributed by atoms with Crippen LogP contribution in [0.5, 0.6) is 5.75 Å². The molecule has 0 saturated carbocycles. The van der Waals surface area contributed by atoms with Crippen molar-refractivity contribution < 1.29 is 9.84 Å². The Morgan fingerprint density at radius 2 is 1.65 bits per heavy atom. The average Bonchev–Trinajstić information content (AvgIpc) is 2.48. The van der Waals surface area contributed by atoms with E-state index in [4.69, 9.17) is 4.74 Å². The van der Waals surface area contributed by atoms with Gasteiger partial charge < -0.3 is 14.8 Å². The number of nitrogens with one attached hydrogen (secondary N) is 1. The Hall–Kier alpha value is -1.29. The molecule has 0 radical (unpaired) electrons. The summed E-state index contributed by atoms with van der Waals surface area (Å²) in [5.41, 5.74) is 1.79. The highest BCUT2D eigenvalue weighted by atomic mass is 16.5. The topological polar surface area (TPSA) is 62.3 Å². The Morgan fingerprint density at radius 1 is 1.09 bits per heavy atom. The average molecular weight is 323 g/mol. The maximum Gasteiger partial charge on any atom is 0.223 e. The number of ether oxygens (including phenoxy) is 1. The molecule has 0 spiro atoms. The van der Waals surface area contributed by atoms with Gasteiger partial charge in [0.25, 0.3) is 0 Å². The minimum Gasteiger partial charge on any atom is -0.491 e. The molecule has 4 nitrogen and oxygen atoms in total. The van der Waals surface area contributed by atoms with Crippen molar-refractivity contribution in [2.24, 2.45) is 0 Å². The SMILES string of the molecule is COc1c(C)[nH]c(CCCCCCCCCCC(C)O)cc1=O. The summed E-state index contributed by atoms with van der Waals surface area (Å²) in [5, 5.41) is 9.18. The molecule has 0 aromatic carbocycles. The van der Waals surface area contributed by atoms with E-state index in [0.717, 1.165) is 37.1 Å². The zero-order chi connectivity index (χ0) is 17.1. The van der Waals surface area contributed by atoms with Gasteiger partial charge >= 0.3 is 0 Å². The van der Waals surface area contributed by atoms with E-state index in [0.29, 0.717) is 5.75 Å². The van der Waals surface area contributed by atoms with Gasteiger partial charge in [0.05, 0.1) is 18.9 Å². The third-order valence-corrected chi connectivity index (χ3v) is 4.24. The normalized spacial score (nSPS) is 12.3. The van der Waals surface area contributed by atoms with Crippen molar-refractivity contribution in [1.29, 1.82) is 0 Å². The summed E-state index contributed by atoms with van der Waals surface area (Å²) in [6, 6.07) is 1.66. The third kappa shape index (κ3) is 8.21. The smallest absolute Gasteiger partial charge is 0.223 e. The monoisotopic (exact) mass is 323 g/mol. The van der Waals surface area contributed by atoms with Crippen LogP contribution < -0.4 is 10.2 Å². The van der Waals surface area contributed by atoms with E-state index in [2.05, 4.69) is 4.98 Å². The summed E-state index contributed by atoms with van der Waals surface area (Å²) in [7, 11) is 1.53. The molecule has 0 bridgehead atoms. The molecule has 1 atom stereocenters. The quantitative estimate of drug-likeness (QED) is 0.569. The van der Waals surface area contributed by atoms with E-state index >= 15 is 0 Å². The highest BCUT2D eigenvalue weighted by Gasteiger charge is 2.06. The van der Waals surface area contributed by atoms with Gasteiger partial charge in [-0.2, -0.15) is 0 Å². The lowest BCUT2D eigenvalue weighted by atomic mass is 10.0. The van der Waals surface area contributed by atoms with Gasteiger partial charge in [0, 0.05) is 11.8 Å². The summed E-state index contributed by atoms with van der Waals surface area (Å²) in [6.45, 7) is 3.73. The Morgan fingerprint density at radius 3 is 2.17 bits per heavy atom. The van der Waals surface area contributed by atoms with Crippen LogP contribution in [0, 0.1) is 6.92 Å². The standard InChI is InChI=1S/C19H33NO3/c1-15(21)12-10-8-6-4-5-7-9-11-13-17-14-18(22)19(23-3)16(2)20-17/h14-15,21H,4-13H2,1-3H3,(H,20,22). The molecule has 0 aliphatic heterocycles. The molecule has 0 amide bonds. The zero-order valence-electron chi connectivity index (χ0n) is 15.0. The number of methoxy groups -OCH3 is 1. The van der Waals surface area contributed by atoms with Crippen molar-refractivity contribution in [3.8, 4) is 5.75 Å². The Bertz CT molecular complexity index is 494. The molecular formula is C19H33NO3. The lowest BCUT2D eigenvalue weighted by molar-refractivity contribution is 0.180. The number of hydrogen-bond acceptors (Lipinski definition) is 3. The predicted octanol–water partition coefficient (Wildman–Crippen LogP) is 4.13. The maximum atomic E-state index is 11.8. The van der Waals surface area contributed by atoms with Crippen LogP contribution in [-0.2, 0) is 6.42 Å². The number of rotatable bonds is 12. The number of hydrogen-bond donors (Lipinski definition) is 2. The van der Waals surface area contributed by atoms with Crippen LogP contribution in [-0.4, -0.2) is 23.3 Å². The zero-order valence-corrected chi connectivity index (χ0v) is 15.0. The molecule has 0 aliphatic rings. The van der Waals surface area contributed by atoms with E-state index in [1.54, 1.807) is 6.07 Å². The fourth-order valence-electron chi connectivity index (χ4n) is 2.95. The number of pyridine rings is 1. The van der Waals surface area contributed by atoms with Gasteiger partial charge in [-0.05, 0) is 33.1 Å². The van der Waals surface area contributed by atoms with Crippen molar-refractivity contribution in [2.45, 2.75) is 84.2 Å². The van der Waals surface area contributed by atoms with Crippen molar-refractivity contribution in [3.05, 3.63) is 27.7 Å². The molecule has 1 aromatic heterocycles. The van der Waals surface area contributed by atoms with E-state index in [9.17, 15) is 9.90 Å². The number of H-pyrrole nitrogens is 1. The third-order valence-electron chi connectivity index (χ3n) is 4.24. The number of aliphatic hydroxyl groups is 1. The van der Waals surface area contributed by atoms with Crippen molar-refractivity contribution >= 4 is 0 Å².